The molecule has 1 saturated heterocycles. The number of nitro groups is 1. The second kappa shape index (κ2) is 13.4. The number of fused-ring (bicyclic) bond motifs is 1. The highest BCUT2D eigenvalue weighted by Gasteiger charge is 2.53. The normalized spacial score (nSPS) is 18.5. The Hall–Kier alpha value is -4.87. The van der Waals surface area contributed by atoms with Crippen molar-refractivity contribution in [3.8, 4) is 0 Å². The lowest BCUT2D eigenvalue weighted by molar-refractivity contribution is -0.385. The van der Waals surface area contributed by atoms with Gasteiger partial charge in [0.15, 0.2) is 5.60 Å². The molecule has 11 nitrogen and oxygen atoms in total. The molecule has 5 rings (SSSR count). The van der Waals surface area contributed by atoms with Crippen molar-refractivity contribution in [2.24, 2.45) is 5.92 Å². The minimum atomic E-state index is -2.13. The maximum Gasteiger partial charge on any atom is 0.269 e. The topological polar surface area (TPSA) is 145 Å². The Labute approximate surface area is 261 Å². The number of rotatable bonds is 12. The first kappa shape index (κ1) is 31.6. The van der Waals surface area contributed by atoms with Crippen molar-refractivity contribution in [1.82, 2.24) is 4.90 Å². The van der Waals surface area contributed by atoms with Gasteiger partial charge in [-0.25, -0.2) is 0 Å². The van der Waals surface area contributed by atoms with Gasteiger partial charge >= 0.3 is 0 Å². The second-order valence-electron chi connectivity index (χ2n) is 11.4. The van der Waals surface area contributed by atoms with Gasteiger partial charge in [-0.05, 0) is 35.7 Å². The fourth-order valence-corrected chi connectivity index (χ4v) is 5.99. The number of anilines is 2. The van der Waals surface area contributed by atoms with E-state index >= 15 is 0 Å². The Morgan fingerprint density at radius 2 is 1.84 bits per heavy atom. The van der Waals surface area contributed by atoms with Crippen molar-refractivity contribution >= 4 is 34.8 Å². The lowest BCUT2D eigenvalue weighted by atomic mass is 9.82. The molecule has 0 unspecified atom stereocenters. The zero-order chi connectivity index (χ0) is 32.1. The first-order valence-corrected chi connectivity index (χ1v) is 14.9. The average molecular weight is 613 g/mol. The summed E-state index contributed by atoms with van der Waals surface area (Å²) in [5.41, 5.74) is 0.445. The number of non-ortho nitro benzene ring substituents is 1. The van der Waals surface area contributed by atoms with Crippen LogP contribution in [0.4, 0.5) is 17.1 Å². The van der Waals surface area contributed by atoms with Crippen LogP contribution in [0.5, 0.6) is 0 Å². The standard InChI is InChI=1S/C34H36N4O7/c1-24(8-5-13-31(40)35(18-19-39)22-25-9-3-2-4-10-25)34(43)29-21-28(38(44)45)15-16-30(29)37(33(34)42)23-26-11-6-12-27(20-26)36-17-7-14-32(36)41/h2-6,8-12,15-16,20-21,24,39,43H,7,13-14,17-19,22-23H2,1H3/b8-5+/t24-,34+/m1/s1. The van der Waals surface area contributed by atoms with Crippen LogP contribution in [-0.2, 0) is 33.1 Å². The van der Waals surface area contributed by atoms with Crippen molar-refractivity contribution in [2.45, 2.75) is 44.9 Å². The van der Waals surface area contributed by atoms with Gasteiger partial charge < -0.3 is 24.9 Å². The number of hydrogen-bond acceptors (Lipinski definition) is 7. The number of nitro benzene ring substituents is 1. The van der Waals surface area contributed by atoms with E-state index in [1.165, 1.54) is 28.0 Å². The number of aliphatic hydroxyl groups excluding tert-OH is 1. The van der Waals surface area contributed by atoms with Gasteiger partial charge in [-0.2, -0.15) is 0 Å². The molecule has 2 atom stereocenters. The van der Waals surface area contributed by atoms with Crippen LogP contribution in [0.25, 0.3) is 0 Å². The summed E-state index contributed by atoms with van der Waals surface area (Å²) in [6.45, 7) is 2.60. The Kier molecular flexibility index (Phi) is 9.40. The van der Waals surface area contributed by atoms with E-state index in [4.69, 9.17) is 0 Å². The van der Waals surface area contributed by atoms with E-state index < -0.39 is 22.3 Å². The van der Waals surface area contributed by atoms with Gasteiger partial charge in [-0.15, -0.1) is 0 Å². The molecule has 1 fully saturated rings. The van der Waals surface area contributed by atoms with Gasteiger partial charge in [0.05, 0.1) is 23.8 Å². The van der Waals surface area contributed by atoms with E-state index in [-0.39, 0.29) is 49.2 Å². The first-order chi connectivity index (χ1) is 21.6. The molecular formula is C34H36N4O7. The Morgan fingerprint density at radius 1 is 1.09 bits per heavy atom. The summed E-state index contributed by atoms with van der Waals surface area (Å²) >= 11 is 0. The molecule has 0 spiro atoms. The molecule has 0 aromatic heterocycles. The molecule has 2 aliphatic heterocycles. The monoisotopic (exact) mass is 612 g/mol. The molecule has 3 aromatic carbocycles. The molecule has 2 heterocycles. The maximum absolute atomic E-state index is 14.0. The van der Waals surface area contributed by atoms with E-state index in [2.05, 4.69) is 0 Å². The van der Waals surface area contributed by atoms with E-state index in [1.54, 1.807) is 30.0 Å². The van der Waals surface area contributed by atoms with E-state index in [0.29, 0.717) is 25.2 Å². The lowest BCUT2D eigenvalue weighted by Crippen LogP contribution is -2.44. The van der Waals surface area contributed by atoms with E-state index in [9.17, 15) is 34.7 Å². The summed E-state index contributed by atoms with van der Waals surface area (Å²) in [6, 6.07) is 20.7. The van der Waals surface area contributed by atoms with Gasteiger partial charge in [-0.1, -0.05) is 61.5 Å². The van der Waals surface area contributed by atoms with Crippen molar-refractivity contribution in [1.29, 1.82) is 0 Å². The van der Waals surface area contributed by atoms with Crippen LogP contribution in [0.15, 0.2) is 84.9 Å². The third-order valence-corrected chi connectivity index (χ3v) is 8.42. The SMILES string of the molecule is C[C@H](/C=C/CC(=O)N(CCO)Cc1ccccc1)[C@@]1(O)C(=O)N(Cc2cccc(N3CCCC3=O)c2)c2ccc([N+](=O)[O-])cc21. The Balaban J connectivity index is 1.38. The van der Waals surface area contributed by atoms with Crippen molar-refractivity contribution in [2.75, 3.05) is 29.5 Å². The van der Waals surface area contributed by atoms with Crippen LogP contribution in [-0.4, -0.2) is 57.5 Å². The fraction of sp³-hybridized carbons (Fsp3) is 0.324. The number of nitrogens with zero attached hydrogens (tertiary/aromatic N) is 4. The second-order valence-corrected chi connectivity index (χ2v) is 11.4. The molecule has 0 radical (unpaired) electrons. The molecule has 0 bridgehead atoms. The van der Waals surface area contributed by atoms with E-state index in [0.717, 1.165) is 23.2 Å². The highest BCUT2D eigenvalue weighted by atomic mass is 16.6. The maximum atomic E-state index is 14.0. The number of aliphatic hydroxyl groups is 2. The quantitative estimate of drug-likeness (QED) is 0.178. The molecule has 3 amide bonds. The Bertz CT molecular complexity index is 1630. The zero-order valence-electron chi connectivity index (χ0n) is 25.0. The van der Waals surface area contributed by atoms with Gasteiger partial charge in [-0.3, -0.25) is 24.5 Å². The molecule has 2 N–H and O–H groups in total. The number of carbonyl (C=O) groups is 3. The number of carbonyl (C=O) groups excluding carboxylic acids is 3. The van der Waals surface area contributed by atoms with Crippen molar-refractivity contribution in [3.63, 3.8) is 0 Å². The summed E-state index contributed by atoms with van der Waals surface area (Å²) in [6.07, 6.45) is 4.37. The Morgan fingerprint density at radius 3 is 2.53 bits per heavy atom. The predicted octanol–water partition coefficient (Wildman–Crippen LogP) is 4.06. The molecule has 0 saturated carbocycles. The van der Waals surface area contributed by atoms with Gasteiger partial charge in [0.2, 0.25) is 11.8 Å². The summed E-state index contributed by atoms with van der Waals surface area (Å²) in [5, 5.41) is 33.1. The van der Waals surface area contributed by atoms with Crippen LogP contribution < -0.4 is 9.80 Å². The summed E-state index contributed by atoms with van der Waals surface area (Å²) < 4.78 is 0. The smallest absolute Gasteiger partial charge is 0.269 e. The van der Waals surface area contributed by atoms with Crippen LogP contribution in [0.3, 0.4) is 0 Å². The summed E-state index contributed by atoms with van der Waals surface area (Å²) in [5.74, 6) is -1.70. The van der Waals surface area contributed by atoms with E-state index in [1.807, 2.05) is 48.5 Å². The molecule has 234 valence electrons. The van der Waals surface area contributed by atoms with Crippen LogP contribution in [0.1, 0.15) is 42.9 Å². The molecule has 45 heavy (non-hydrogen) atoms. The molecule has 11 heteroatoms. The largest absolute Gasteiger partial charge is 0.395 e. The third kappa shape index (κ3) is 6.50. The average Bonchev–Trinajstić information content (AvgIpc) is 3.56. The molecular weight excluding hydrogens is 576 g/mol. The minimum Gasteiger partial charge on any atom is -0.395 e. The minimum absolute atomic E-state index is 0.0328. The molecule has 2 aliphatic rings. The number of amides is 3. The van der Waals surface area contributed by atoms with Gasteiger partial charge in [0.25, 0.3) is 11.6 Å². The van der Waals surface area contributed by atoms with Crippen LogP contribution in [0, 0.1) is 16.0 Å². The van der Waals surface area contributed by atoms with Crippen molar-refractivity contribution in [3.05, 3.63) is 112 Å². The number of benzene rings is 3. The fourth-order valence-electron chi connectivity index (χ4n) is 5.99. The molecule has 0 aliphatic carbocycles. The summed E-state index contributed by atoms with van der Waals surface area (Å²) in [7, 11) is 0. The summed E-state index contributed by atoms with van der Waals surface area (Å²) in [4.78, 5) is 55.0. The van der Waals surface area contributed by atoms with Gasteiger partial charge in [0, 0.05) is 61.8 Å². The number of hydrogen-bond donors (Lipinski definition) is 2. The zero-order valence-corrected chi connectivity index (χ0v) is 25.0. The highest BCUT2D eigenvalue weighted by Crippen LogP contribution is 2.47. The van der Waals surface area contributed by atoms with Crippen molar-refractivity contribution < 1.29 is 29.5 Å². The van der Waals surface area contributed by atoms with Gasteiger partial charge in [0.1, 0.15) is 0 Å². The van der Waals surface area contributed by atoms with Crippen LogP contribution in [0.2, 0.25) is 0 Å². The lowest BCUT2D eigenvalue weighted by Gasteiger charge is -2.28. The molecule has 3 aromatic rings. The third-order valence-electron chi connectivity index (χ3n) is 8.42. The highest BCUT2D eigenvalue weighted by molar-refractivity contribution is 6.07. The van der Waals surface area contributed by atoms with Crippen LogP contribution >= 0.6 is 0 Å². The first-order valence-electron chi connectivity index (χ1n) is 14.9. The predicted molar refractivity (Wildman–Crippen MR) is 168 cm³/mol.